The maximum absolute atomic E-state index is 12.6. The monoisotopic (exact) mass is 394 g/mol. The zero-order chi connectivity index (χ0) is 20.6. The van der Waals surface area contributed by atoms with E-state index in [0.717, 1.165) is 19.3 Å². The van der Waals surface area contributed by atoms with E-state index in [1.54, 1.807) is 36.4 Å². The SMILES string of the molecule is CCCCCn1nc(C(=O)NNC(=O)/C=C/c2ccco2)c2ccccc2c1=O. The molecule has 29 heavy (non-hydrogen) atoms. The molecule has 0 saturated carbocycles. The van der Waals surface area contributed by atoms with Crippen LogP contribution in [-0.4, -0.2) is 21.6 Å². The van der Waals surface area contributed by atoms with Gasteiger partial charge in [-0.15, -0.1) is 0 Å². The molecule has 0 aliphatic carbocycles. The molecule has 3 rings (SSSR count). The Morgan fingerprint density at radius 1 is 1.10 bits per heavy atom. The van der Waals surface area contributed by atoms with Gasteiger partial charge >= 0.3 is 0 Å². The Morgan fingerprint density at radius 3 is 2.62 bits per heavy atom. The first kappa shape index (κ1) is 20.1. The zero-order valence-corrected chi connectivity index (χ0v) is 16.1. The van der Waals surface area contributed by atoms with E-state index in [4.69, 9.17) is 4.42 Å². The second-order valence-corrected chi connectivity index (χ2v) is 6.42. The van der Waals surface area contributed by atoms with Gasteiger partial charge in [-0.05, 0) is 30.7 Å². The number of aromatic nitrogens is 2. The van der Waals surface area contributed by atoms with E-state index in [1.807, 2.05) is 0 Å². The lowest BCUT2D eigenvalue weighted by Gasteiger charge is -2.11. The highest BCUT2D eigenvalue weighted by Crippen LogP contribution is 2.13. The molecule has 0 unspecified atom stereocenters. The van der Waals surface area contributed by atoms with Crippen LogP contribution in [0.5, 0.6) is 0 Å². The first-order valence-electron chi connectivity index (χ1n) is 9.42. The van der Waals surface area contributed by atoms with Crippen molar-refractivity contribution in [3.63, 3.8) is 0 Å². The van der Waals surface area contributed by atoms with Gasteiger partial charge in [0.25, 0.3) is 17.4 Å². The summed E-state index contributed by atoms with van der Waals surface area (Å²) >= 11 is 0. The molecule has 1 aromatic carbocycles. The Morgan fingerprint density at radius 2 is 1.90 bits per heavy atom. The fourth-order valence-electron chi connectivity index (χ4n) is 2.83. The number of carbonyl (C=O) groups excluding carboxylic acids is 2. The summed E-state index contributed by atoms with van der Waals surface area (Å²) in [5.74, 6) is -0.626. The summed E-state index contributed by atoms with van der Waals surface area (Å²) in [5.41, 5.74) is 4.48. The van der Waals surface area contributed by atoms with Gasteiger partial charge in [0.1, 0.15) is 5.76 Å². The third kappa shape index (κ3) is 4.98. The van der Waals surface area contributed by atoms with E-state index >= 15 is 0 Å². The summed E-state index contributed by atoms with van der Waals surface area (Å²) < 4.78 is 6.41. The molecule has 0 spiro atoms. The van der Waals surface area contributed by atoms with Crippen molar-refractivity contribution in [1.29, 1.82) is 0 Å². The second kappa shape index (κ2) is 9.50. The number of nitrogens with one attached hydrogen (secondary N) is 2. The minimum Gasteiger partial charge on any atom is -0.465 e. The predicted octanol–water partition coefficient (Wildman–Crippen LogP) is 2.65. The highest BCUT2D eigenvalue weighted by Gasteiger charge is 2.16. The molecular formula is C21H22N4O4. The number of fused-ring (bicyclic) bond motifs is 1. The average Bonchev–Trinajstić information content (AvgIpc) is 3.26. The van der Waals surface area contributed by atoms with E-state index in [2.05, 4.69) is 22.9 Å². The van der Waals surface area contributed by atoms with Gasteiger partial charge in [0.05, 0.1) is 11.6 Å². The first-order chi connectivity index (χ1) is 14.1. The molecular weight excluding hydrogens is 372 g/mol. The molecule has 2 N–H and O–H groups in total. The summed E-state index contributed by atoms with van der Waals surface area (Å²) in [5, 5.41) is 5.09. The molecule has 0 atom stereocenters. The maximum atomic E-state index is 12.6. The van der Waals surface area contributed by atoms with Crippen molar-refractivity contribution in [2.45, 2.75) is 32.7 Å². The molecule has 8 heteroatoms. The van der Waals surface area contributed by atoms with Crippen LogP contribution in [0.3, 0.4) is 0 Å². The van der Waals surface area contributed by atoms with E-state index in [9.17, 15) is 14.4 Å². The van der Waals surface area contributed by atoms with E-state index < -0.39 is 11.8 Å². The lowest BCUT2D eigenvalue weighted by molar-refractivity contribution is -0.117. The minimum absolute atomic E-state index is 0.0759. The summed E-state index contributed by atoms with van der Waals surface area (Å²) in [4.78, 5) is 37.2. The summed E-state index contributed by atoms with van der Waals surface area (Å²) in [6, 6.07) is 10.2. The highest BCUT2D eigenvalue weighted by molar-refractivity contribution is 6.05. The normalized spacial score (nSPS) is 11.1. The van der Waals surface area contributed by atoms with Crippen molar-refractivity contribution in [3.8, 4) is 0 Å². The number of unbranched alkanes of at least 4 members (excludes halogenated alkanes) is 2. The van der Waals surface area contributed by atoms with Gasteiger partial charge in [-0.25, -0.2) is 4.68 Å². The van der Waals surface area contributed by atoms with Gasteiger partial charge in [0.2, 0.25) is 0 Å². The van der Waals surface area contributed by atoms with E-state index in [0.29, 0.717) is 23.1 Å². The lowest BCUT2D eigenvalue weighted by atomic mass is 10.1. The Labute approximate surface area is 167 Å². The van der Waals surface area contributed by atoms with Gasteiger partial charge in [-0.2, -0.15) is 5.10 Å². The van der Waals surface area contributed by atoms with Crippen molar-refractivity contribution < 1.29 is 14.0 Å². The van der Waals surface area contributed by atoms with Crippen LogP contribution in [0.25, 0.3) is 16.8 Å². The molecule has 8 nitrogen and oxygen atoms in total. The second-order valence-electron chi connectivity index (χ2n) is 6.42. The van der Waals surface area contributed by atoms with Gasteiger partial charge in [0.15, 0.2) is 5.69 Å². The third-order valence-electron chi connectivity index (χ3n) is 4.30. The van der Waals surface area contributed by atoms with Crippen LogP contribution >= 0.6 is 0 Å². The van der Waals surface area contributed by atoms with Crippen LogP contribution in [0.2, 0.25) is 0 Å². The Bertz CT molecular complexity index is 1080. The number of aryl methyl sites for hydroxylation is 1. The summed E-state index contributed by atoms with van der Waals surface area (Å²) in [6.07, 6.45) is 6.95. The number of hydrogen-bond donors (Lipinski definition) is 2. The third-order valence-corrected chi connectivity index (χ3v) is 4.30. The van der Waals surface area contributed by atoms with Crippen molar-refractivity contribution >= 4 is 28.7 Å². The molecule has 2 aromatic heterocycles. The summed E-state index contributed by atoms with van der Waals surface area (Å²) in [6.45, 7) is 2.49. The van der Waals surface area contributed by atoms with Gasteiger partial charge < -0.3 is 4.42 Å². The predicted molar refractivity (Wildman–Crippen MR) is 109 cm³/mol. The first-order valence-corrected chi connectivity index (χ1v) is 9.42. The molecule has 0 saturated heterocycles. The Balaban J connectivity index is 1.78. The highest BCUT2D eigenvalue weighted by atomic mass is 16.3. The lowest BCUT2D eigenvalue weighted by Crippen LogP contribution is -2.42. The van der Waals surface area contributed by atoms with Crippen molar-refractivity contribution in [1.82, 2.24) is 20.6 Å². The molecule has 0 bridgehead atoms. The van der Waals surface area contributed by atoms with E-state index in [-0.39, 0.29) is 11.3 Å². The van der Waals surface area contributed by atoms with Crippen molar-refractivity contribution in [3.05, 3.63) is 70.5 Å². The smallest absolute Gasteiger partial charge is 0.290 e. The van der Waals surface area contributed by atoms with Crippen LogP contribution in [-0.2, 0) is 11.3 Å². The molecule has 0 aliphatic rings. The standard InChI is InChI=1S/C21H22N4O4/c1-2-3-6-13-25-21(28)17-10-5-4-9-16(17)19(24-25)20(27)23-22-18(26)12-11-15-8-7-14-29-15/h4-5,7-12,14H,2-3,6,13H2,1H3,(H,22,26)(H,23,27)/b12-11+. The number of benzene rings is 1. The number of carbonyl (C=O) groups is 2. The van der Waals surface area contributed by atoms with Gasteiger partial charge in [0, 0.05) is 18.0 Å². The molecule has 2 heterocycles. The minimum atomic E-state index is -0.606. The number of furan rings is 1. The number of amides is 2. The molecule has 0 fully saturated rings. The van der Waals surface area contributed by atoms with Crippen LogP contribution in [0.4, 0.5) is 0 Å². The molecule has 3 aromatic rings. The Kier molecular flexibility index (Phi) is 6.57. The van der Waals surface area contributed by atoms with Gasteiger partial charge in [-0.1, -0.05) is 38.0 Å². The van der Waals surface area contributed by atoms with Gasteiger partial charge in [-0.3, -0.25) is 25.2 Å². The zero-order valence-electron chi connectivity index (χ0n) is 16.1. The van der Waals surface area contributed by atoms with Crippen LogP contribution < -0.4 is 16.4 Å². The van der Waals surface area contributed by atoms with Crippen molar-refractivity contribution in [2.24, 2.45) is 0 Å². The fraction of sp³-hybridized carbons (Fsp3) is 0.238. The van der Waals surface area contributed by atoms with Crippen LogP contribution in [0, 0.1) is 0 Å². The van der Waals surface area contributed by atoms with Crippen LogP contribution in [0.15, 0.2) is 57.9 Å². The largest absolute Gasteiger partial charge is 0.465 e. The number of rotatable bonds is 7. The van der Waals surface area contributed by atoms with Crippen molar-refractivity contribution in [2.75, 3.05) is 0 Å². The molecule has 0 aliphatic heterocycles. The molecule has 2 amide bonds. The summed E-state index contributed by atoms with van der Waals surface area (Å²) in [7, 11) is 0. The van der Waals surface area contributed by atoms with Crippen LogP contribution in [0.1, 0.15) is 42.4 Å². The number of nitrogens with zero attached hydrogens (tertiary/aromatic N) is 2. The van der Waals surface area contributed by atoms with E-state index in [1.165, 1.54) is 23.1 Å². The Hall–Kier alpha value is -3.68. The number of hydrogen-bond acceptors (Lipinski definition) is 5. The fourth-order valence-corrected chi connectivity index (χ4v) is 2.83. The quantitative estimate of drug-likeness (QED) is 0.364. The molecule has 150 valence electrons. The number of hydrazine groups is 1. The average molecular weight is 394 g/mol. The maximum Gasteiger partial charge on any atom is 0.290 e. The molecule has 0 radical (unpaired) electrons. The topological polar surface area (TPSA) is 106 Å².